The normalized spacial score (nSPS) is 12.6. The minimum absolute atomic E-state index is 0.166. The Labute approximate surface area is 128 Å². The Bertz CT molecular complexity index is 288. The molecule has 0 aromatic rings. The van der Waals surface area contributed by atoms with Gasteiger partial charge in [-0.3, -0.25) is 4.79 Å². The van der Waals surface area contributed by atoms with Crippen molar-refractivity contribution in [2.24, 2.45) is 5.41 Å². The first-order valence-corrected chi connectivity index (χ1v) is 9.78. The highest BCUT2D eigenvalue weighted by atomic mass is 32.2. The molecule has 0 aliphatic rings. The summed E-state index contributed by atoms with van der Waals surface area (Å²) in [5.74, 6) is 1.94. The lowest BCUT2D eigenvalue weighted by Crippen LogP contribution is -2.42. The van der Waals surface area contributed by atoms with Crippen LogP contribution in [-0.2, 0) is 18.1 Å². The molecule has 0 N–H and O–H groups in total. The fourth-order valence-electron chi connectivity index (χ4n) is 1.94. The number of carbonyl (C=O) groups excluding carboxylic acids is 1. The lowest BCUT2D eigenvalue weighted by molar-refractivity contribution is -0.136. The van der Waals surface area contributed by atoms with Crippen molar-refractivity contribution in [3.8, 4) is 0 Å². The van der Waals surface area contributed by atoms with Crippen molar-refractivity contribution in [1.29, 1.82) is 0 Å². The average Bonchev–Trinajstić information content (AvgIpc) is 2.42. The number of hydrogen-bond acceptors (Lipinski definition) is 5. The van der Waals surface area contributed by atoms with Gasteiger partial charge >= 0.3 is 8.80 Å². The summed E-state index contributed by atoms with van der Waals surface area (Å²) < 4.78 is 16.1. The van der Waals surface area contributed by atoms with Crippen molar-refractivity contribution in [3.63, 3.8) is 0 Å². The van der Waals surface area contributed by atoms with Crippen LogP contribution in [0.2, 0.25) is 6.04 Å². The number of hydrogen-bond donors (Lipinski definition) is 0. The van der Waals surface area contributed by atoms with Gasteiger partial charge in [-0.05, 0) is 12.2 Å². The number of amides is 1. The number of nitrogens with zero attached hydrogens (tertiary/aromatic N) is 1. The van der Waals surface area contributed by atoms with E-state index < -0.39 is 8.80 Å². The van der Waals surface area contributed by atoms with E-state index in [1.54, 1.807) is 52.1 Å². The monoisotopic (exact) mass is 323 g/mol. The van der Waals surface area contributed by atoms with E-state index in [1.165, 1.54) is 0 Å². The zero-order valence-corrected chi connectivity index (χ0v) is 15.6. The molecule has 20 heavy (non-hydrogen) atoms. The first kappa shape index (κ1) is 19.9. The predicted molar refractivity (Wildman–Crippen MR) is 86.0 cm³/mol. The van der Waals surface area contributed by atoms with Gasteiger partial charge in [-0.2, -0.15) is 11.8 Å². The van der Waals surface area contributed by atoms with Crippen LogP contribution in [-0.4, -0.2) is 66.5 Å². The van der Waals surface area contributed by atoms with Crippen LogP contribution in [0.25, 0.3) is 0 Å². The molecule has 120 valence electrons. The first-order chi connectivity index (χ1) is 9.24. The smallest absolute Gasteiger partial charge is 0.377 e. The molecule has 0 heterocycles. The van der Waals surface area contributed by atoms with Crippen LogP contribution in [0, 0.1) is 5.41 Å². The second-order valence-electron chi connectivity index (χ2n) is 5.53. The number of carbonyl (C=O) groups is 1. The van der Waals surface area contributed by atoms with Crippen LogP contribution in [0.15, 0.2) is 0 Å². The van der Waals surface area contributed by atoms with E-state index in [9.17, 15) is 4.79 Å². The van der Waals surface area contributed by atoms with Gasteiger partial charge in [0.2, 0.25) is 5.91 Å². The third-order valence-corrected chi connectivity index (χ3v) is 7.49. The fourth-order valence-corrected chi connectivity index (χ4v) is 5.05. The summed E-state index contributed by atoms with van der Waals surface area (Å²) in [6, 6.07) is 0.797. The molecule has 0 saturated heterocycles. The molecule has 0 aromatic heterocycles. The van der Waals surface area contributed by atoms with Gasteiger partial charge in [-0.25, -0.2) is 0 Å². The molecule has 0 fully saturated rings. The Balaban J connectivity index is 4.06. The summed E-state index contributed by atoms with van der Waals surface area (Å²) in [5.41, 5.74) is -0.327. The maximum atomic E-state index is 12.0. The molecule has 7 heteroatoms. The van der Waals surface area contributed by atoms with Crippen molar-refractivity contribution in [2.75, 3.05) is 46.9 Å². The van der Waals surface area contributed by atoms with Gasteiger partial charge < -0.3 is 18.2 Å². The summed E-state index contributed by atoms with van der Waals surface area (Å²) in [6.07, 6.45) is 0.957. The summed E-state index contributed by atoms with van der Waals surface area (Å²) >= 11 is 1.79. The Morgan fingerprint density at radius 2 is 1.65 bits per heavy atom. The van der Waals surface area contributed by atoms with E-state index in [-0.39, 0.29) is 11.3 Å². The van der Waals surface area contributed by atoms with Crippen molar-refractivity contribution >= 4 is 26.5 Å². The predicted octanol–water partition coefficient (Wildman–Crippen LogP) is 2.10. The lowest BCUT2D eigenvalue weighted by atomic mass is 9.95. The Morgan fingerprint density at radius 1 is 1.15 bits per heavy atom. The highest BCUT2D eigenvalue weighted by Crippen LogP contribution is 2.25. The zero-order chi connectivity index (χ0) is 15.8. The third-order valence-electron chi connectivity index (χ3n) is 3.15. The lowest BCUT2D eigenvalue weighted by Gasteiger charge is -2.27. The second-order valence-corrected chi connectivity index (χ2v) is 9.73. The highest BCUT2D eigenvalue weighted by molar-refractivity contribution is 7.99. The van der Waals surface area contributed by atoms with E-state index in [4.69, 9.17) is 13.3 Å². The fraction of sp³-hybridized carbons (Fsp3) is 0.923. The van der Waals surface area contributed by atoms with Gasteiger partial charge in [-0.1, -0.05) is 13.8 Å². The maximum Gasteiger partial charge on any atom is 0.500 e. The van der Waals surface area contributed by atoms with Gasteiger partial charge in [0.1, 0.15) is 0 Å². The zero-order valence-electron chi connectivity index (χ0n) is 13.8. The molecule has 0 saturated carbocycles. The molecule has 0 aliphatic carbocycles. The van der Waals surface area contributed by atoms with Gasteiger partial charge in [0.15, 0.2) is 0 Å². The first-order valence-electron chi connectivity index (χ1n) is 6.69. The van der Waals surface area contributed by atoms with Crippen molar-refractivity contribution in [1.82, 2.24) is 4.90 Å². The minimum atomic E-state index is -2.44. The SMILES string of the molecule is CO[Si](CCCSCC(C)(C)C(=O)N(C)C)(OC)OC. The molecule has 0 bridgehead atoms. The quantitative estimate of drug-likeness (QED) is 0.455. The minimum Gasteiger partial charge on any atom is -0.377 e. The summed E-state index contributed by atoms with van der Waals surface area (Å²) in [4.78, 5) is 13.6. The summed E-state index contributed by atoms with van der Waals surface area (Å²) in [5, 5.41) is 0. The van der Waals surface area contributed by atoms with Crippen LogP contribution in [0.5, 0.6) is 0 Å². The van der Waals surface area contributed by atoms with Crippen LogP contribution < -0.4 is 0 Å². The molecule has 0 radical (unpaired) electrons. The Morgan fingerprint density at radius 3 is 2.05 bits per heavy atom. The number of thioether (sulfide) groups is 1. The van der Waals surface area contributed by atoms with E-state index in [0.717, 1.165) is 24.0 Å². The van der Waals surface area contributed by atoms with Crippen LogP contribution >= 0.6 is 11.8 Å². The van der Waals surface area contributed by atoms with Crippen LogP contribution in [0.1, 0.15) is 20.3 Å². The molecule has 5 nitrogen and oxygen atoms in total. The van der Waals surface area contributed by atoms with Crippen LogP contribution in [0.3, 0.4) is 0 Å². The second kappa shape index (κ2) is 9.04. The van der Waals surface area contributed by atoms with Crippen molar-refractivity contribution in [2.45, 2.75) is 26.3 Å². The van der Waals surface area contributed by atoms with E-state index in [2.05, 4.69) is 0 Å². The Kier molecular flexibility index (Phi) is 9.00. The van der Waals surface area contributed by atoms with Crippen molar-refractivity contribution in [3.05, 3.63) is 0 Å². The standard InChI is InChI=1S/C13H29NO4SSi/c1-13(2,12(15)14(3)4)11-19-9-8-10-20(16-5,17-6)18-7/h8-11H2,1-7H3. The maximum absolute atomic E-state index is 12.0. The van der Waals surface area contributed by atoms with E-state index in [1.807, 2.05) is 13.8 Å². The molecule has 1 amide bonds. The molecule has 0 aromatic carbocycles. The Hall–Kier alpha value is -0.0831. The van der Waals surface area contributed by atoms with Gasteiger partial charge in [0, 0.05) is 47.2 Å². The molecule has 0 spiro atoms. The van der Waals surface area contributed by atoms with Gasteiger partial charge in [-0.15, -0.1) is 0 Å². The molecular weight excluding hydrogens is 294 g/mol. The van der Waals surface area contributed by atoms with Gasteiger partial charge in [0.25, 0.3) is 0 Å². The summed E-state index contributed by atoms with van der Waals surface area (Å²) in [6.45, 7) is 3.97. The number of rotatable bonds is 10. The van der Waals surface area contributed by atoms with E-state index >= 15 is 0 Å². The van der Waals surface area contributed by atoms with Crippen molar-refractivity contribution < 1.29 is 18.1 Å². The third kappa shape index (κ3) is 6.13. The highest BCUT2D eigenvalue weighted by Gasteiger charge is 2.37. The molecule has 0 aliphatic heterocycles. The molecular formula is C13H29NO4SSi. The topological polar surface area (TPSA) is 48.0 Å². The average molecular weight is 324 g/mol. The van der Waals surface area contributed by atoms with Crippen LogP contribution in [0.4, 0.5) is 0 Å². The largest absolute Gasteiger partial charge is 0.500 e. The van der Waals surface area contributed by atoms with E-state index in [0.29, 0.717) is 0 Å². The molecule has 0 unspecified atom stereocenters. The molecule has 0 atom stereocenters. The molecule has 0 rings (SSSR count). The van der Waals surface area contributed by atoms with Gasteiger partial charge in [0.05, 0.1) is 5.41 Å². The summed E-state index contributed by atoms with van der Waals surface area (Å²) in [7, 11) is 6.04.